The maximum absolute atomic E-state index is 10.6. The number of carbonyl (C=O) groups is 1. The molecule has 2 aromatic carbocycles. The lowest BCUT2D eigenvalue weighted by Crippen LogP contribution is -2.32. The van der Waals surface area contributed by atoms with Crippen molar-refractivity contribution in [3.63, 3.8) is 0 Å². The summed E-state index contributed by atoms with van der Waals surface area (Å²) in [6, 6.07) is 18.6. The first-order valence-electron chi connectivity index (χ1n) is 11.6. The zero-order valence-corrected chi connectivity index (χ0v) is 20.1. The number of carboxylic acid groups (broad SMARTS) is 1. The number of aliphatic carboxylic acids is 1. The van der Waals surface area contributed by atoms with Gasteiger partial charge in [-0.1, -0.05) is 41.9 Å². The van der Waals surface area contributed by atoms with Crippen LogP contribution in [0.15, 0.2) is 59.0 Å². The number of carboxylic acids is 1. The van der Waals surface area contributed by atoms with Gasteiger partial charge in [-0.15, -0.1) is 0 Å². The number of hydrogen-bond donors (Lipinski definition) is 2. The number of nitrogens with two attached hydrogens (primary N) is 1. The molecular formula is C26H30ClF3N2O3. The molecule has 0 unspecified atom stereocenters. The third-order valence-electron chi connectivity index (χ3n) is 6.23. The van der Waals surface area contributed by atoms with Gasteiger partial charge in [0.15, 0.2) is 0 Å². The van der Waals surface area contributed by atoms with Crippen LogP contribution in [0.3, 0.4) is 0 Å². The van der Waals surface area contributed by atoms with Gasteiger partial charge in [-0.05, 0) is 73.9 Å². The number of fused-ring (bicyclic) bond motifs is 1. The third-order valence-corrected chi connectivity index (χ3v) is 6.49. The monoisotopic (exact) mass is 510 g/mol. The molecule has 0 radical (unpaired) electrons. The molecule has 3 N–H and O–H groups in total. The van der Waals surface area contributed by atoms with Crippen molar-refractivity contribution in [3.05, 3.63) is 70.9 Å². The highest BCUT2D eigenvalue weighted by Crippen LogP contribution is 2.30. The number of para-hydroxylation sites is 1. The first-order chi connectivity index (χ1) is 16.6. The van der Waals surface area contributed by atoms with Crippen LogP contribution in [0.25, 0.3) is 11.0 Å². The quantitative estimate of drug-likeness (QED) is 0.380. The molecule has 3 aromatic rings. The van der Waals surface area contributed by atoms with Crippen LogP contribution in [-0.2, 0) is 17.9 Å². The van der Waals surface area contributed by atoms with Crippen molar-refractivity contribution >= 4 is 28.5 Å². The van der Waals surface area contributed by atoms with Gasteiger partial charge < -0.3 is 15.3 Å². The number of benzene rings is 2. The van der Waals surface area contributed by atoms with E-state index >= 15 is 0 Å². The second-order valence-corrected chi connectivity index (χ2v) is 9.41. The molecule has 1 fully saturated rings. The fourth-order valence-corrected chi connectivity index (χ4v) is 4.51. The minimum absolute atomic E-state index is 0.719. The molecule has 5 nitrogen and oxygen atoms in total. The number of halogens is 4. The van der Waals surface area contributed by atoms with E-state index in [1.807, 2.05) is 24.3 Å². The van der Waals surface area contributed by atoms with Gasteiger partial charge in [0.2, 0.25) is 0 Å². The lowest BCUT2D eigenvalue weighted by atomic mass is 9.82. The fraction of sp³-hybridized carbons (Fsp3) is 0.423. The molecule has 9 heteroatoms. The summed E-state index contributed by atoms with van der Waals surface area (Å²) >= 11 is 6.07. The standard InChI is InChI=1S/C24H29ClN2O.C2HF3O2/c25-22-11-9-20(10-12-22)16-27(15-19-7-5-18(14-26)6-8-19)17-23-13-21-3-1-2-4-24(21)28-23;3-2(4,5)1(6)7/h1-4,9-13,18-19H,5-8,14-17,26H2;(H,6,7). The molecule has 1 aromatic heterocycles. The summed E-state index contributed by atoms with van der Waals surface area (Å²) < 4.78 is 37.8. The van der Waals surface area contributed by atoms with Crippen LogP contribution in [-0.4, -0.2) is 35.2 Å². The van der Waals surface area contributed by atoms with E-state index in [1.165, 1.54) is 36.6 Å². The smallest absolute Gasteiger partial charge is 0.475 e. The molecule has 0 atom stereocenters. The highest BCUT2D eigenvalue weighted by Gasteiger charge is 2.38. The number of rotatable bonds is 7. The summed E-state index contributed by atoms with van der Waals surface area (Å²) in [5, 5.41) is 9.08. The third kappa shape index (κ3) is 8.56. The van der Waals surface area contributed by atoms with Gasteiger partial charge in [-0.25, -0.2) is 4.79 Å². The Labute approximate surface area is 207 Å². The average molecular weight is 511 g/mol. The SMILES string of the molecule is NCC1CCC(CN(Cc2ccc(Cl)cc2)Cc2cc3ccccc3o2)CC1.O=C(O)C(F)(F)F. The van der Waals surface area contributed by atoms with E-state index < -0.39 is 12.1 Å². The second kappa shape index (κ2) is 12.4. The highest BCUT2D eigenvalue weighted by atomic mass is 35.5. The molecule has 1 saturated carbocycles. The normalized spacial score (nSPS) is 18.3. The summed E-state index contributed by atoms with van der Waals surface area (Å²) in [6.07, 6.45) is -0.000587. The predicted octanol–water partition coefficient (Wildman–Crippen LogP) is 6.49. The molecule has 1 heterocycles. The Hall–Kier alpha value is -2.55. The van der Waals surface area contributed by atoms with E-state index in [2.05, 4.69) is 35.2 Å². The number of nitrogens with zero attached hydrogens (tertiary/aromatic N) is 1. The topological polar surface area (TPSA) is 79.7 Å². The van der Waals surface area contributed by atoms with Crippen molar-refractivity contribution in [2.45, 2.75) is 44.9 Å². The average Bonchev–Trinajstić information content (AvgIpc) is 3.23. The van der Waals surface area contributed by atoms with E-state index in [0.29, 0.717) is 0 Å². The van der Waals surface area contributed by atoms with Crippen LogP contribution in [0, 0.1) is 11.8 Å². The molecule has 0 spiro atoms. The van der Waals surface area contributed by atoms with Crippen LogP contribution in [0.2, 0.25) is 5.02 Å². The summed E-state index contributed by atoms with van der Waals surface area (Å²) in [4.78, 5) is 11.4. The Bertz CT molecular complexity index is 1040. The molecule has 0 amide bonds. The Morgan fingerprint density at radius 3 is 2.20 bits per heavy atom. The minimum Gasteiger partial charge on any atom is -0.475 e. The number of hydrogen-bond acceptors (Lipinski definition) is 4. The van der Waals surface area contributed by atoms with Gasteiger partial charge in [-0.2, -0.15) is 13.2 Å². The van der Waals surface area contributed by atoms with Gasteiger partial charge >= 0.3 is 12.1 Å². The van der Waals surface area contributed by atoms with Gasteiger partial charge in [0, 0.05) is 23.5 Å². The van der Waals surface area contributed by atoms with Crippen LogP contribution >= 0.6 is 11.6 Å². The van der Waals surface area contributed by atoms with Crippen LogP contribution in [0.1, 0.15) is 37.0 Å². The second-order valence-electron chi connectivity index (χ2n) is 8.97. The molecule has 1 aliphatic rings. The maximum Gasteiger partial charge on any atom is 0.490 e. The van der Waals surface area contributed by atoms with Crippen molar-refractivity contribution < 1.29 is 27.5 Å². The lowest BCUT2D eigenvalue weighted by Gasteiger charge is -2.32. The van der Waals surface area contributed by atoms with Crippen molar-refractivity contribution in [2.75, 3.05) is 13.1 Å². The Balaban J connectivity index is 0.000000429. The van der Waals surface area contributed by atoms with Crippen LogP contribution in [0.5, 0.6) is 0 Å². The zero-order chi connectivity index (χ0) is 25.4. The van der Waals surface area contributed by atoms with Crippen molar-refractivity contribution in [1.29, 1.82) is 0 Å². The van der Waals surface area contributed by atoms with Crippen molar-refractivity contribution in [1.82, 2.24) is 4.90 Å². The molecule has 4 rings (SSSR count). The largest absolute Gasteiger partial charge is 0.490 e. The van der Waals surface area contributed by atoms with Crippen molar-refractivity contribution in [2.24, 2.45) is 17.6 Å². The molecule has 0 bridgehead atoms. The summed E-state index contributed by atoms with van der Waals surface area (Å²) in [5.41, 5.74) is 8.12. The molecular weight excluding hydrogens is 481 g/mol. The summed E-state index contributed by atoms with van der Waals surface area (Å²) in [5.74, 6) is -0.269. The van der Waals surface area contributed by atoms with Crippen LogP contribution in [0.4, 0.5) is 13.2 Å². The van der Waals surface area contributed by atoms with Crippen molar-refractivity contribution in [3.8, 4) is 0 Å². The molecule has 1 aliphatic carbocycles. The van der Waals surface area contributed by atoms with E-state index in [-0.39, 0.29) is 0 Å². The van der Waals surface area contributed by atoms with Gasteiger partial charge in [0.05, 0.1) is 6.54 Å². The van der Waals surface area contributed by atoms with E-state index in [1.54, 1.807) is 0 Å². The lowest BCUT2D eigenvalue weighted by molar-refractivity contribution is -0.192. The molecule has 0 aliphatic heterocycles. The van der Waals surface area contributed by atoms with E-state index in [9.17, 15) is 13.2 Å². The Morgan fingerprint density at radius 2 is 1.63 bits per heavy atom. The number of alkyl halides is 3. The summed E-state index contributed by atoms with van der Waals surface area (Å²) in [6.45, 7) is 3.66. The predicted molar refractivity (Wildman–Crippen MR) is 130 cm³/mol. The first-order valence-corrected chi connectivity index (χ1v) is 12.0. The van der Waals surface area contributed by atoms with Gasteiger partial charge in [-0.3, -0.25) is 4.90 Å². The van der Waals surface area contributed by atoms with Gasteiger partial charge in [0.25, 0.3) is 0 Å². The Morgan fingerprint density at radius 1 is 1.03 bits per heavy atom. The minimum atomic E-state index is -5.08. The van der Waals surface area contributed by atoms with E-state index in [4.69, 9.17) is 31.7 Å². The Kier molecular flexibility index (Phi) is 9.60. The molecule has 190 valence electrons. The number of furan rings is 1. The zero-order valence-electron chi connectivity index (χ0n) is 19.3. The summed E-state index contributed by atoms with van der Waals surface area (Å²) in [7, 11) is 0. The highest BCUT2D eigenvalue weighted by molar-refractivity contribution is 6.30. The first kappa shape index (κ1) is 27.0. The van der Waals surface area contributed by atoms with Crippen LogP contribution < -0.4 is 5.73 Å². The fourth-order valence-electron chi connectivity index (χ4n) is 4.38. The van der Waals surface area contributed by atoms with Gasteiger partial charge in [0.1, 0.15) is 11.3 Å². The molecule has 0 saturated heterocycles. The van der Waals surface area contributed by atoms with E-state index in [0.717, 1.165) is 54.4 Å². The molecule has 35 heavy (non-hydrogen) atoms. The maximum atomic E-state index is 10.6.